The quantitative estimate of drug-likeness (QED) is 0.772. The molecule has 2 N–H and O–H groups in total. The van der Waals surface area contributed by atoms with E-state index in [0.29, 0.717) is 11.4 Å². The molecule has 0 radical (unpaired) electrons. The molecule has 2 aromatic rings. The highest BCUT2D eigenvalue weighted by molar-refractivity contribution is 5.90. The van der Waals surface area contributed by atoms with Crippen LogP contribution in [-0.2, 0) is 0 Å². The third-order valence-electron chi connectivity index (χ3n) is 1.97. The van der Waals surface area contributed by atoms with E-state index >= 15 is 0 Å². The first-order valence-electron chi connectivity index (χ1n) is 4.43. The minimum absolute atomic E-state index is 0.134. The van der Waals surface area contributed by atoms with Crippen LogP contribution < -0.4 is 5.73 Å². The van der Waals surface area contributed by atoms with Crippen LogP contribution >= 0.6 is 0 Å². The smallest absolute Gasteiger partial charge is 0.269 e. The number of hydrogen-bond donors (Lipinski definition) is 1. The maximum atomic E-state index is 10.9. The normalized spacial score (nSPS) is 9.69. The number of rotatable bonds is 2. The summed E-state index contributed by atoms with van der Waals surface area (Å²) in [4.78, 5) is 14.9. The van der Waals surface area contributed by atoms with Crippen molar-refractivity contribution in [3.05, 3.63) is 41.9 Å². The second-order valence-corrected chi connectivity index (χ2v) is 3.00. The Morgan fingerprint density at radius 1 is 1.50 bits per heavy atom. The molecule has 78 valence electrons. The van der Waals surface area contributed by atoms with Gasteiger partial charge in [-0.3, -0.25) is 4.79 Å². The largest absolute Gasteiger partial charge is 0.364 e. The summed E-state index contributed by atoms with van der Waals surface area (Å²) in [6, 6.07) is 6.74. The van der Waals surface area contributed by atoms with E-state index < -0.39 is 5.91 Å². The molecular weight excluding hydrogens is 206 g/mol. The Morgan fingerprint density at radius 3 is 2.94 bits per heavy atom. The second kappa shape index (κ2) is 3.82. The van der Waals surface area contributed by atoms with Crippen LogP contribution in [-0.4, -0.2) is 20.7 Å². The molecule has 0 aliphatic rings. The average molecular weight is 213 g/mol. The Balaban J connectivity index is 2.51. The zero-order valence-corrected chi connectivity index (χ0v) is 8.16. The maximum absolute atomic E-state index is 10.9. The van der Waals surface area contributed by atoms with E-state index in [0.717, 1.165) is 0 Å². The van der Waals surface area contributed by atoms with Gasteiger partial charge in [-0.2, -0.15) is 10.4 Å². The average Bonchev–Trinajstić information content (AvgIpc) is 2.78. The predicted molar refractivity (Wildman–Crippen MR) is 54.6 cm³/mol. The minimum Gasteiger partial charge on any atom is -0.364 e. The molecule has 0 aliphatic carbocycles. The summed E-state index contributed by atoms with van der Waals surface area (Å²) in [5.41, 5.74) is 5.59. The molecule has 0 saturated carbocycles. The molecule has 16 heavy (non-hydrogen) atoms. The standard InChI is InChI=1S/C10H7N5O/c11-6-7-2-1-4-13-10(7)15-5-3-8(14-15)9(12)16/h1-5H,(H2,12,16). The summed E-state index contributed by atoms with van der Waals surface area (Å²) < 4.78 is 1.35. The maximum Gasteiger partial charge on any atom is 0.269 e. The zero-order valence-electron chi connectivity index (χ0n) is 8.16. The van der Waals surface area contributed by atoms with Gasteiger partial charge in [0.05, 0.1) is 5.56 Å². The number of amides is 1. The fourth-order valence-electron chi connectivity index (χ4n) is 1.24. The summed E-state index contributed by atoms with van der Waals surface area (Å²) in [7, 11) is 0. The first kappa shape index (κ1) is 9.86. The van der Waals surface area contributed by atoms with E-state index in [-0.39, 0.29) is 5.69 Å². The van der Waals surface area contributed by atoms with E-state index in [1.807, 2.05) is 6.07 Å². The van der Waals surface area contributed by atoms with Gasteiger partial charge in [0, 0.05) is 12.4 Å². The first-order valence-corrected chi connectivity index (χ1v) is 4.43. The first-order chi connectivity index (χ1) is 7.72. The van der Waals surface area contributed by atoms with Gasteiger partial charge in [0.1, 0.15) is 11.8 Å². The highest BCUT2D eigenvalue weighted by Crippen LogP contribution is 2.09. The molecule has 0 aliphatic heterocycles. The van der Waals surface area contributed by atoms with Crippen molar-refractivity contribution in [1.29, 1.82) is 5.26 Å². The zero-order chi connectivity index (χ0) is 11.5. The second-order valence-electron chi connectivity index (χ2n) is 3.00. The van der Waals surface area contributed by atoms with Gasteiger partial charge in [-0.1, -0.05) is 0 Å². The van der Waals surface area contributed by atoms with Crippen molar-refractivity contribution in [1.82, 2.24) is 14.8 Å². The van der Waals surface area contributed by atoms with Crippen LogP contribution in [0.2, 0.25) is 0 Å². The summed E-state index contributed by atoms with van der Waals surface area (Å²) >= 11 is 0. The van der Waals surface area contributed by atoms with E-state index in [9.17, 15) is 4.79 Å². The van der Waals surface area contributed by atoms with Gasteiger partial charge in [0.25, 0.3) is 5.91 Å². The van der Waals surface area contributed by atoms with Crippen LogP contribution in [0.5, 0.6) is 0 Å². The van der Waals surface area contributed by atoms with Crippen molar-refractivity contribution in [3.63, 3.8) is 0 Å². The number of carbonyl (C=O) groups is 1. The Hall–Kier alpha value is -2.68. The van der Waals surface area contributed by atoms with Gasteiger partial charge in [0.15, 0.2) is 5.82 Å². The van der Waals surface area contributed by atoms with Crippen molar-refractivity contribution < 1.29 is 4.79 Å². The molecule has 0 atom stereocenters. The highest BCUT2D eigenvalue weighted by Gasteiger charge is 2.09. The number of primary amides is 1. The number of nitrogens with two attached hydrogens (primary N) is 1. The lowest BCUT2D eigenvalue weighted by molar-refractivity contribution is 0.0995. The molecule has 0 aromatic carbocycles. The summed E-state index contributed by atoms with van der Waals surface area (Å²) in [6.07, 6.45) is 3.07. The molecule has 0 spiro atoms. The molecule has 2 aromatic heterocycles. The van der Waals surface area contributed by atoms with Gasteiger partial charge in [-0.05, 0) is 18.2 Å². The molecule has 6 nitrogen and oxygen atoms in total. The van der Waals surface area contributed by atoms with E-state index in [4.69, 9.17) is 11.0 Å². The van der Waals surface area contributed by atoms with Crippen LogP contribution in [0.25, 0.3) is 5.82 Å². The molecule has 0 saturated heterocycles. The summed E-state index contributed by atoms with van der Waals surface area (Å²) in [5.74, 6) is -0.245. The molecule has 0 fully saturated rings. The van der Waals surface area contributed by atoms with Crippen LogP contribution in [0, 0.1) is 11.3 Å². The lowest BCUT2D eigenvalue weighted by atomic mass is 10.3. The van der Waals surface area contributed by atoms with E-state index in [1.54, 1.807) is 18.3 Å². The molecule has 2 heterocycles. The molecule has 2 rings (SSSR count). The Labute approximate surface area is 90.9 Å². The van der Waals surface area contributed by atoms with Crippen molar-refractivity contribution in [2.45, 2.75) is 0 Å². The monoisotopic (exact) mass is 213 g/mol. The fourth-order valence-corrected chi connectivity index (χ4v) is 1.24. The minimum atomic E-state index is -0.617. The Bertz CT molecular complexity index is 581. The third kappa shape index (κ3) is 1.62. The van der Waals surface area contributed by atoms with Crippen molar-refractivity contribution in [2.24, 2.45) is 5.73 Å². The van der Waals surface area contributed by atoms with Gasteiger partial charge in [-0.25, -0.2) is 9.67 Å². The van der Waals surface area contributed by atoms with Gasteiger partial charge in [-0.15, -0.1) is 0 Å². The van der Waals surface area contributed by atoms with E-state index in [1.165, 1.54) is 16.9 Å². The highest BCUT2D eigenvalue weighted by atomic mass is 16.1. The van der Waals surface area contributed by atoms with Crippen LogP contribution in [0.4, 0.5) is 0 Å². The number of nitriles is 1. The van der Waals surface area contributed by atoms with Crippen LogP contribution in [0.3, 0.4) is 0 Å². The van der Waals surface area contributed by atoms with Crippen LogP contribution in [0.1, 0.15) is 16.1 Å². The van der Waals surface area contributed by atoms with Gasteiger partial charge < -0.3 is 5.73 Å². The fraction of sp³-hybridized carbons (Fsp3) is 0. The van der Waals surface area contributed by atoms with Gasteiger partial charge >= 0.3 is 0 Å². The Morgan fingerprint density at radius 2 is 2.31 bits per heavy atom. The number of pyridine rings is 1. The molecule has 6 heteroatoms. The third-order valence-corrected chi connectivity index (χ3v) is 1.97. The van der Waals surface area contributed by atoms with Crippen molar-refractivity contribution in [2.75, 3.05) is 0 Å². The topological polar surface area (TPSA) is 97.6 Å². The molecule has 1 amide bonds. The molecule has 0 bridgehead atoms. The number of aromatic nitrogens is 3. The van der Waals surface area contributed by atoms with Crippen molar-refractivity contribution in [3.8, 4) is 11.9 Å². The summed E-state index contributed by atoms with van der Waals surface area (Å²) in [5, 5.41) is 12.8. The predicted octanol–water partition coefficient (Wildman–Crippen LogP) is 0.238. The van der Waals surface area contributed by atoms with Gasteiger partial charge in [0.2, 0.25) is 0 Å². The van der Waals surface area contributed by atoms with Crippen molar-refractivity contribution >= 4 is 5.91 Å². The number of nitrogens with zero attached hydrogens (tertiary/aromatic N) is 4. The summed E-state index contributed by atoms with van der Waals surface area (Å²) in [6.45, 7) is 0. The Kier molecular flexibility index (Phi) is 2.36. The number of hydrogen-bond acceptors (Lipinski definition) is 4. The van der Waals surface area contributed by atoms with Crippen LogP contribution in [0.15, 0.2) is 30.6 Å². The molecular formula is C10H7N5O. The molecule has 0 unspecified atom stereocenters. The van der Waals surface area contributed by atoms with E-state index in [2.05, 4.69) is 10.1 Å². The lowest BCUT2D eigenvalue weighted by Gasteiger charge is -2.00. The number of carbonyl (C=O) groups excluding carboxylic acids is 1. The lowest BCUT2D eigenvalue weighted by Crippen LogP contribution is -2.12. The SMILES string of the molecule is N#Cc1cccnc1-n1ccc(C(N)=O)n1.